The number of ether oxygens (including phenoxy) is 1. The normalized spacial score (nSPS) is 10.2. The highest BCUT2D eigenvalue weighted by Gasteiger charge is 2.09. The maximum Gasteiger partial charge on any atom is 0.412 e. The number of nitrogens with two attached hydrogens (primary N) is 2. The third-order valence-electron chi connectivity index (χ3n) is 3.77. The molecule has 3 aromatic rings. The Morgan fingerprint density at radius 3 is 2.32 bits per heavy atom. The van der Waals surface area contributed by atoms with Gasteiger partial charge in [0.1, 0.15) is 6.61 Å². The molecule has 0 radical (unpaired) electrons. The van der Waals surface area contributed by atoms with Crippen molar-refractivity contribution in [3.05, 3.63) is 78.4 Å². The number of nitrogens with one attached hydrogen (secondary N) is 1. The molecule has 0 spiro atoms. The van der Waals surface area contributed by atoms with Gasteiger partial charge in [-0.3, -0.25) is 5.32 Å². The van der Waals surface area contributed by atoms with E-state index in [1.54, 1.807) is 12.1 Å². The van der Waals surface area contributed by atoms with Crippen molar-refractivity contribution in [3.8, 4) is 11.1 Å². The van der Waals surface area contributed by atoms with E-state index in [0.29, 0.717) is 17.1 Å². The van der Waals surface area contributed by atoms with Crippen LogP contribution in [-0.2, 0) is 11.3 Å². The molecule has 0 aliphatic carbocycles. The van der Waals surface area contributed by atoms with Crippen LogP contribution in [0.25, 0.3) is 11.1 Å². The first-order chi connectivity index (χ1) is 12.1. The average molecular weight is 333 g/mol. The number of anilines is 3. The molecule has 0 heterocycles. The first-order valence-electron chi connectivity index (χ1n) is 7.85. The number of carbonyl (C=O) groups is 1. The molecule has 0 aromatic heterocycles. The average Bonchev–Trinajstić information content (AvgIpc) is 2.63. The molecule has 0 saturated carbocycles. The van der Waals surface area contributed by atoms with Crippen LogP contribution in [0.15, 0.2) is 72.8 Å². The van der Waals surface area contributed by atoms with E-state index in [-0.39, 0.29) is 6.61 Å². The van der Waals surface area contributed by atoms with Gasteiger partial charge in [-0.15, -0.1) is 0 Å². The smallest absolute Gasteiger partial charge is 0.412 e. The van der Waals surface area contributed by atoms with Crippen molar-refractivity contribution in [2.75, 3.05) is 16.8 Å². The molecule has 5 heteroatoms. The third kappa shape index (κ3) is 4.09. The Balaban J connectivity index is 1.67. The molecule has 3 aromatic carbocycles. The van der Waals surface area contributed by atoms with Crippen molar-refractivity contribution in [2.45, 2.75) is 6.61 Å². The van der Waals surface area contributed by atoms with E-state index in [9.17, 15) is 4.79 Å². The van der Waals surface area contributed by atoms with Gasteiger partial charge in [0, 0.05) is 11.3 Å². The maximum absolute atomic E-state index is 11.9. The van der Waals surface area contributed by atoms with Crippen LogP contribution >= 0.6 is 0 Å². The monoisotopic (exact) mass is 333 g/mol. The highest BCUT2D eigenvalue weighted by Crippen LogP contribution is 2.30. The second-order valence-electron chi connectivity index (χ2n) is 5.58. The zero-order valence-electron chi connectivity index (χ0n) is 13.6. The van der Waals surface area contributed by atoms with Crippen LogP contribution in [0.2, 0.25) is 0 Å². The number of amides is 1. The van der Waals surface area contributed by atoms with E-state index >= 15 is 0 Å². The summed E-state index contributed by atoms with van der Waals surface area (Å²) in [6.45, 7) is 0.200. The highest BCUT2D eigenvalue weighted by atomic mass is 16.5. The molecule has 1 amide bonds. The van der Waals surface area contributed by atoms with Gasteiger partial charge in [0.2, 0.25) is 0 Å². The minimum Gasteiger partial charge on any atom is -0.444 e. The summed E-state index contributed by atoms with van der Waals surface area (Å²) in [7, 11) is 0. The number of hydrogen-bond donors (Lipinski definition) is 3. The molecule has 0 fully saturated rings. The lowest BCUT2D eigenvalue weighted by Crippen LogP contribution is -2.14. The molecule has 0 atom stereocenters. The molecule has 0 saturated heterocycles. The Morgan fingerprint density at radius 2 is 1.60 bits per heavy atom. The summed E-state index contributed by atoms with van der Waals surface area (Å²) in [6, 6.07) is 22.4. The van der Waals surface area contributed by atoms with Crippen molar-refractivity contribution < 1.29 is 9.53 Å². The number of nitrogen functional groups attached to an aromatic ring is 2. The van der Waals surface area contributed by atoms with Crippen LogP contribution in [0.1, 0.15) is 5.56 Å². The Bertz CT molecular complexity index is 879. The fourth-order valence-electron chi connectivity index (χ4n) is 2.47. The molecule has 0 aliphatic rings. The van der Waals surface area contributed by atoms with Gasteiger partial charge in [0.15, 0.2) is 0 Å². The lowest BCUT2D eigenvalue weighted by atomic mass is 10.0. The first-order valence-corrected chi connectivity index (χ1v) is 7.85. The Kier molecular flexibility index (Phi) is 4.85. The van der Waals surface area contributed by atoms with Crippen molar-refractivity contribution in [1.82, 2.24) is 0 Å². The zero-order valence-corrected chi connectivity index (χ0v) is 13.6. The van der Waals surface area contributed by atoms with Gasteiger partial charge in [0.05, 0.1) is 11.4 Å². The summed E-state index contributed by atoms with van der Waals surface area (Å²) >= 11 is 0. The molecule has 5 N–H and O–H groups in total. The molecule has 25 heavy (non-hydrogen) atoms. The highest BCUT2D eigenvalue weighted by molar-refractivity contribution is 5.91. The summed E-state index contributed by atoms with van der Waals surface area (Å²) in [5.41, 5.74) is 16.3. The largest absolute Gasteiger partial charge is 0.444 e. The minimum atomic E-state index is -0.553. The lowest BCUT2D eigenvalue weighted by molar-refractivity contribution is 0.155. The maximum atomic E-state index is 11.9. The SMILES string of the molecule is Nc1cc(-c2ccccc2N)ccc1NC(=O)OCc1ccccc1. The predicted molar refractivity (Wildman–Crippen MR) is 101 cm³/mol. The van der Waals surface area contributed by atoms with Crippen molar-refractivity contribution in [1.29, 1.82) is 0 Å². The van der Waals surface area contributed by atoms with Gasteiger partial charge in [0.25, 0.3) is 0 Å². The summed E-state index contributed by atoms with van der Waals surface area (Å²) < 4.78 is 5.20. The second kappa shape index (κ2) is 7.40. The van der Waals surface area contributed by atoms with E-state index < -0.39 is 6.09 Å². The standard InChI is InChI=1S/C20H19N3O2/c21-17-9-5-4-8-16(17)15-10-11-19(18(22)12-15)23-20(24)25-13-14-6-2-1-3-7-14/h1-12H,13,21-22H2,(H,23,24). The molecule has 5 nitrogen and oxygen atoms in total. The minimum absolute atomic E-state index is 0.200. The Morgan fingerprint density at radius 1 is 0.880 bits per heavy atom. The van der Waals surface area contributed by atoms with Crippen LogP contribution in [0.3, 0.4) is 0 Å². The molecular formula is C20H19N3O2. The fraction of sp³-hybridized carbons (Fsp3) is 0.0500. The van der Waals surface area contributed by atoms with Gasteiger partial charge in [-0.05, 0) is 29.3 Å². The summed E-state index contributed by atoms with van der Waals surface area (Å²) in [4.78, 5) is 11.9. The molecule has 0 bridgehead atoms. The fourth-order valence-corrected chi connectivity index (χ4v) is 2.47. The number of hydrogen-bond acceptors (Lipinski definition) is 4. The van der Waals surface area contributed by atoms with Gasteiger partial charge in [-0.1, -0.05) is 54.6 Å². The number of benzene rings is 3. The van der Waals surface area contributed by atoms with Gasteiger partial charge < -0.3 is 16.2 Å². The van der Waals surface area contributed by atoms with Crippen LogP contribution in [0, 0.1) is 0 Å². The van der Waals surface area contributed by atoms with Crippen LogP contribution in [0.4, 0.5) is 21.9 Å². The van der Waals surface area contributed by atoms with E-state index in [4.69, 9.17) is 16.2 Å². The van der Waals surface area contributed by atoms with Crippen molar-refractivity contribution in [3.63, 3.8) is 0 Å². The van der Waals surface area contributed by atoms with E-state index in [1.165, 1.54) is 0 Å². The number of para-hydroxylation sites is 1. The number of rotatable bonds is 4. The Hall–Kier alpha value is -3.47. The number of carbonyl (C=O) groups excluding carboxylic acids is 1. The lowest BCUT2D eigenvalue weighted by Gasteiger charge is -2.12. The van der Waals surface area contributed by atoms with Gasteiger partial charge in [-0.2, -0.15) is 0 Å². The zero-order chi connectivity index (χ0) is 17.6. The third-order valence-corrected chi connectivity index (χ3v) is 3.77. The summed E-state index contributed by atoms with van der Waals surface area (Å²) in [5.74, 6) is 0. The van der Waals surface area contributed by atoms with E-state index in [0.717, 1.165) is 16.7 Å². The van der Waals surface area contributed by atoms with Crippen LogP contribution in [0.5, 0.6) is 0 Å². The van der Waals surface area contributed by atoms with Crippen LogP contribution in [-0.4, -0.2) is 6.09 Å². The van der Waals surface area contributed by atoms with Crippen molar-refractivity contribution in [2.24, 2.45) is 0 Å². The van der Waals surface area contributed by atoms with Gasteiger partial charge >= 0.3 is 6.09 Å². The Labute approximate surface area is 146 Å². The second-order valence-corrected chi connectivity index (χ2v) is 5.58. The molecule has 3 rings (SSSR count). The van der Waals surface area contributed by atoms with Gasteiger partial charge in [-0.25, -0.2) is 4.79 Å². The van der Waals surface area contributed by atoms with E-state index in [1.807, 2.05) is 60.7 Å². The molecular weight excluding hydrogens is 314 g/mol. The quantitative estimate of drug-likeness (QED) is 0.622. The van der Waals surface area contributed by atoms with E-state index in [2.05, 4.69) is 5.32 Å². The van der Waals surface area contributed by atoms with Crippen LogP contribution < -0.4 is 16.8 Å². The first kappa shape index (κ1) is 16.4. The van der Waals surface area contributed by atoms with Crippen molar-refractivity contribution >= 4 is 23.2 Å². The summed E-state index contributed by atoms with van der Waals surface area (Å²) in [6.07, 6.45) is -0.553. The molecule has 0 unspecified atom stereocenters. The molecule has 126 valence electrons. The summed E-state index contributed by atoms with van der Waals surface area (Å²) in [5, 5.41) is 2.66. The predicted octanol–water partition coefficient (Wildman–Crippen LogP) is 4.27. The molecule has 0 aliphatic heterocycles. The topological polar surface area (TPSA) is 90.4 Å².